The molecular weight excluding hydrogens is 270 g/mol. The molecule has 0 unspecified atom stereocenters. The standard InChI is InChI=1S/C16H25NO4/c1-21-16(20)15(12-7-4-8-13(18)10-12)17-14(19)9-11-5-2-3-6-11/h11-12,15H,2-10H2,1H3,(H,17,19)/t12-,15-/m1/s1. The van der Waals surface area contributed by atoms with Crippen LogP contribution in [0.4, 0.5) is 0 Å². The van der Waals surface area contributed by atoms with Gasteiger partial charge in [0.15, 0.2) is 0 Å². The fourth-order valence-electron chi connectivity index (χ4n) is 3.55. The van der Waals surface area contributed by atoms with Crippen molar-refractivity contribution in [3.8, 4) is 0 Å². The number of hydrogen-bond donors (Lipinski definition) is 1. The van der Waals surface area contributed by atoms with Gasteiger partial charge in [0.25, 0.3) is 0 Å². The first kappa shape index (κ1) is 16.0. The summed E-state index contributed by atoms with van der Waals surface area (Å²) in [6.07, 6.45) is 7.57. The van der Waals surface area contributed by atoms with Gasteiger partial charge < -0.3 is 10.1 Å². The van der Waals surface area contributed by atoms with Crippen molar-refractivity contribution in [2.24, 2.45) is 11.8 Å². The highest BCUT2D eigenvalue weighted by Crippen LogP contribution is 2.28. The summed E-state index contributed by atoms with van der Waals surface area (Å²) in [5.41, 5.74) is 0. The molecular formula is C16H25NO4. The highest BCUT2D eigenvalue weighted by molar-refractivity contribution is 5.86. The van der Waals surface area contributed by atoms with E-state index in [4.69, 9.17) is 4.74 Å². The largest absolute Gasteiger partial charge is 0.467 e. The van der Waals surface area contributed by atoms with Crippen LogP contribution in [0.15, 0.2) is 0 Å². The molecule has 2 aliphatic rings. The molecule has 2 saturated carbocycles. The number of Topliss-reactive ketones (excluding diaryl/α,β-unsaturated/α-hetero) is 1. The Balaban J connectivity index is 1.93. The molecule has 0 aromatic rings. The fraction of sp³-hybridized carbons (Fsp3) is 0.812. The van der Waals surface area contributed by atoms with Crippen LogP contribution < -0.4 is 5.32 Å². The summed E-state index contributed by atoms with van der Waals surface area (Å²) < 4.78 is 4.81. The van der Waals surface area contributed by atoms with Gasteiger partial charge in [-0.15, -0.1) is 0 Å². The van der Waals surface area contributed by atoms with Crippen LogP contribution in [0, 0.1) is 11.8 Å². The Labute approximate surface area is 125 Å². The number of methoxy groups -OCH3 is 1. The van der Waals surface area contributed by atoms with Gasteiger partial charge in [-0.2, -0.15) is 0 Å². The summed E-state index contributed by atoms with van der Waals surface area (Å²) in [6.45, 7) is 0. The normalized spacial score (nSPS) is 24.6. The van der Waals surface area contributed by atoms with E-state index in [1.165, 1.54) is 20.0 Å². The van der Waals surface area contributed by atoms with E-state index < -0.39 is 12.0 Å². The van der Waals surface area contributed by atoms with Gasteiger partial charge in [-0.05, 0) is 37.5 Å². The van der Waals surface area contributed by atoms with Gasteiger partial charge in [0.05, 0.1) is 7.11 Å². The smallest absolute Gasteiger partial charge is 0.328 e. The van der Waals surface area contributed by atoms with E-state index in [0.29, 0.717) is 25.2 Å². The molecule has 1 N–H and O–H groups in total. The van der Waals surface area contributed by atoms with Crippen molar-refractivity contribution >= 4 is 17.7 Å². The Morgan fingerprint density at radius 2 is 1.95 bits per heavy atom. The fourth-order valence-corrected chi connectivity index (χ4v) is 3.55. The average Bonchev–Trinajstić information content (AvgIpc) is 2.96. The van der Waals surface area contributed by atoms with Crippen LogP contribution in [-0.4, -0.2) is 30.8 Å². The second-order valence-electron chi connectivity index (χ2n) is 6.32. The first-order valence-corrected chi connectivity index (χ1v) is 7.99. The minimum atomic E-state index is -0.673. The molecule has 0 radical (unpaired) electrons. The Morgan fingerprint density at radius 3 is 2.57 bits per heavy atom. The highest BCUT2D eigenvalue weighted by atomic mass is 16.5. The maximum absolute atomic E-state index is 12.2. The molecule has 5 nitrogen and oxygen atoms in total. The van der Waals surface area contributed by atoms with Crippen molar-refractivity contribution in [1.82, 2.24) is 5.32 Å². The predicted molar refractivity (Wildman–Crippen MR) is 77.5 cm³/mol. The minimum absolute atomic E-state index is 0.0877. The predicted octanol–water partition coefficient (Wildman–Crippen LogP) is 1.98. The van der Waals surface area contributed by atoms with Crippen LogP contribution in [-0.2, 0) is 19.1 Å². The Bertz CT molecular complexity index is 401. The number of hydrogen-bond acceptors (Lipinski definition) is 4. The molecule has 5 heteroatoms. The zero-order valence-electron chi connectivity index (χ0n) is 12.7. The third-order valence-corrected chi connectivity index (χ3v) is 4.71. The maximum atomic E-state index is 12.2. The number of nitrogens with one attached hydrogen (secondary N) is 1. The number of carbonyl (C=O) groups is 3. The Morgan fingerprint density at radius 1 is 1.24 bits per heavy atom. The van der Waals surface area contributed by atoms with Gasteiger partial charge in [0.1, 0.15) is 11.8 Å². The van der Waals surface area contributed by atoms with Crippen LogP contribution in [0.3, 0.4) is 0 Å². The number of ketones is 1. The van der Waals surface area contributed by atoms with Crippen LogP contribution in [0.1, 0.15) is 57.8 Å². The minimum Gasteiger partial charge on any atom is -0.467 e. The summed E-state index contributed by atoms with van der Waals surface area (Å²) >= 11 is 0. The molecule has 0 aliphatic heterocycles. The average molecular weight is 295 g/mol. The van der Waals surface area contributed by atoms with E-state index in [2.05, 4.69) is 5.32 Å². The van der Waals surface area contributed by atoms with Crippen molar-refractivity contribution < 1.29 is 19.1 Å². The summed E-state index contributed by atoms with van der Waals surface area (Å²) in [7, 11) is 1.32. The summed E-state index contributed by atoms with van der Waals surface area (Å²) in [6, 6.07) is -0.673. The molecule has 0 bridgehead atoms. The number of esters is 1. The first-order chi connectivity index (χ1) is 10.1. The molecule has 2 rings (SSSR count). The van der Waals surface area contributed by atoms with Crippen molar-refractivity contribution in [2.45, 2.75) is 63.8 Å². The second kappa shape index (κ2) is 7.57. The molecule has 0 aromatic carbocycles. The van der Waals surface area contributed by atoms with Gasteiger partial charge in [-0.25, -0.2) is 4.79 Å². The first-order valence-electron chi connectivity index (χ1n) is 7.99. The van der Waals surface area contributed by atoms with Gasteiger partial charge in [0, 0.05) is 19.3 Å². The van der Waals surface area contributed by atoms with E-state index in [1.807, 2.05) is 0 Å². The zero-order valence-corrected chi connectivity index (χ0v) is 12.7. The summed E-state index contributed by atoms with van der Waals surface area (Å²) in [5.74, 6) is -0.0301. The summed E-state index contributed by atoms with van der Waals surface area (Å²) in [4.78, 5) is 35.7. The molecule has 118 valence electrons. The second-order valence-corrected chi connectivity index (χ2v) is 6.32. The molecule has 0 spiro atoms. The van der Waals surface area contributed by atoms with E-state index in [0.717, 1.165) is 25.7 Å². The number of ether oxygens (including phenoxy) is 1. The van der Waals surface area contributed by atoms with Crippen molar-refractivity contribution in [3.05, 3.63) is 0 Å². The van der Waals surface area contributed by atoms with E-state index in [-0.39, 0.29) is 17.6 Å². The van der Waals surface area contributed by atoms with E-state index >= 15 is 0 Å². The number of amides is 1. The number of carbonyl (C=O) groups excluding carboxylic acids is 3. The lowest BCUT2D eigenvalue weighted by molar-refractivity contribution is -0.147. The molecule has 0 saturated heterocycles. The van der Waals surface area contributed by atoms with Gasteiger partial charge >= 0.3 is 5.97 Å². The monoisotopic (exact) mass is 295 g/mol. The van der Waals surface area contributed by atoms with Crippen LogP contribution >= 0.6 is 0 Å². The lowest BCUT2D eigenvalue weighted by atomic mass is 9.83. The highest BCUT2D eigenvalue weighted by Gasteiger charge is 2.34. The third kappa shape index (κ3) is 4.55. The van der Waals surface area contributed by atoms with Gasteiger partial charge in [0.2, 0.25) is 5.91 Å². The van der Waals surface area contributed by atoms with E-state index in [1.54, 1.807) is 0 Å². The molecule has 21 heavy (non-hydrogen) atoms. The quantitative estimate of drug-likeness (QED) is 0.787. The van der Waals surface area contributed by atoms with Crippen LogP contribution in [0.2, 0.25) is 0 Å². The Hall–Kier alpha value is -1.39. The van der Waals surface area contributed by atoms with Gasteiger partial charge in [-0.1, -0.05) is 12.8 Å². The topological polar surface area (TPSA) is 72.5 Å². The van der Waals surface area contributed by atoms with E-state index in [9.17, 15) is 14.4 Å². The zero-order chi connectivity index (χ0) is 15.2. The summed E-state index contributed by atoms with van der Waals surface area (Å²) in [5, 5.41) is 2.82. The molecule has 2 aliphatic carbocycles. The number of rotatable bonds is 5. The lowest BCUT2D eigenvalue weighted by Crippen LogP contribution is -2.48. The molecule has 2 fully saturated rings. The molecule has 2 atom stereocenters. The molecule has 0 heterocycles. The van der Waals surface area contributed by atoms with Crippen LogP contribution in [0.5, 0.6) is 0 Å². The SMILES string of the molecule is COC(=O)[C@H](NC(=O)CC1CCCC1)[C@@H]1CCCC(=O)C1. The third-order valence-electron chi connectivity index (χ3n) is 4.71. The molecule has 0 aromatic heterocycles. The van der Waals surface area contributed by atoms with Crippen molar-refractivity contribution in [2.75, 3.05) is 7.11 Å². The maximum Gasteiger partial charge on any atom is 0.328 e. The van der Waals surface area contributed by atoms with Crippen molar-refractivity contribution in [1.29, 1.82) is 0 Å². The van der Waals surface area contributed by atoms with Crippen LogP contribution in [0.25, 0.3) is 0 Å². The lowest BCUT2D eigenvalue weighted by Gasteiger charge is -2.28. The van der Waals surface area contributed by atoms with Crippen molar-refractivity contribution in [3.63, 3.8) is 0 Å². The van der Waals surface area contributed by atoms with Gasteiger partial charge in [-0.3, -0.25) is 9.59 Å². The Kier molecular flexibility index (Phi) is 5.76. The molecule has 1 amide bonds.